The first kappa shape index (κ1) is 19.5. The molecule has 1 atom stereocenters. The van der Waals surface area contributed by atoms with Crippen molar-refractivity contribution >= 4 is 38.9 Å². The number of hydrogen-bond donors (Lipinski definition) is 1. The van der Waals surface area contributed by atoms with Crippen LogP contribution in [0.4, 0.5) is 5.69 Å². The molecule has 0 saturated heterocycles. The van der Waals surface area contributed by atoms with Gasteiger partial charge in [-0.1, -0.05) is 0 Å². The molecule has 1 unspecified atom stereocenters. The van der Waals surface area contributed by atoms with Crippen LogP contribution in [0.1, 0.15) is 24.5 Å². The Hall–Kier alpha value is -2.23. The Kier molecular flexibility index (Phi) is 5.64. The lowest BCUT2D eigenvalue weighted by molar-refractivity contribution is -0.147. The molecule has 0 bridgehead atoms. The van der Waals surface area contributed by atoms with Crippen molar-refractivity contribution in [3.8, 4) is 0 Å². The van der Waals surface area contributed by atoms with E-state index >= 15 is 0 Å². The fraction of sp³-hybridized carbons (Fsp3) is 0.333. The van der Waals surface area contributed by atoms with Gasteiger partial charge in [-0.3, -0.25) is 9.59 Å². The monoisotopic (exact) mass is 408 g/mol. The number of carbonyl (C=O) groups excluding carboxylic acids is 2. The van der Waals surface area contributed by atoms with E-state index in [0.717, 1.165) is 11.1 Å². The molecule has 1 aromatic carbocycles. The summed E-state index contributed by atoms with van der Waals surface area (Å²) in [5.41, 5.74) is 2.41. The minimum atomic E-state index is -3.80. The molecule has 2 aromatic rings. The third-order valence-corrected chi connectivity index (χ3v) is 6.06. The molecule has 1 aliphatic rings. The zero-order valence-corrected chi connectivity index (χ0v) is 16.4. The lowest BCUT2D eigenvalue weighted by atomic mass is 10.1. The summed E-state index contributed by atoms with van der Waals surface area (Å²) in [6.07, 6.45) is 1.31. The lowest BCUT2D eigenvalue weighted by Crippen LogP contribution is -2.38. The van der Waals surface area contributed by atoms with Crippen molar-refractivity contribution in [3.63, 3.8) is 0 Å². The maximum atomic E-state index is 12.5. The molecule has 3 rings (SSSR count). The Bertz CT molecular complexity index is 954. The van der Waals surface area contributed by atoms with Gasteiger partial charge in [-0.05, 0) is 65.9 Å². The largest absolute Gasteiger partial charge is 0.456 e. The summed E-state index contributed by atoms with van der Waals surface area (Å²) >= 11 is 1.56. The second-order valence-corrected chi connectivity index (χ2v) is 8.79. The maximum absolute atomic E-state index is 12.5. The summed E-state index contributed by atoms with van der Waals surface area (Å²) in [6, 6.07) is 6.21. The molecule has 0 aliphatic carbocycles. The number of anilines is 1. The van der Waals surface area contributed by atoms with E-state index in [0.29, 0.717) is 18.5 Å². The first-order valence-corrected chi connectivity index (χ1v) is 10.9. The predicted octanol–water partition coefficient (Wildman–Crippen LogP) is 1.85. The number of esters is 1. The van der Waals surface area contributed by atoms with E-state index in [1.54, 1.807) is 17.4 Å². The highest BCUT2D eigenvalue weighted by Gasteiger charge is 2.32. The molecular weight excluding hydrogens is 388 g/mol. The highest BCUT2D eigenvalue weighted by molar-refractivity contribution is 7.89. The Morgan fingerprint density at radius 3 is 2.78 bits per heavy atom. The number of nitrogens with two attached hydrogens (primary N) is 1. The first-order valence-electron chi connectivity index (χ1n) is 8.40. The van der Waals surface area contributed by atoms with E-state index in [1.165, 1.54) is 17.0 Å². The van der Waals surface area contributed by atoms with Crippen LogP contribution in [0, 0.1) is 0 Å². The first-order chi connectivity index (χ1) is 12.8. The topological polar surface area (TPSA) is 107 Å². The number of sulfonamides is 1. The second-order valence-electron chi connectivity index (χ2n) is 6.44. The van der Waals surface area contributed by atoms with Crippen LogP contribution in [-0.4, -0.2) is 32.9 Å². The van der Waals surface area contributed by atoms with Gasteiger partial charge in [0.15, 0.2) is 6.61 Å². The van der Waals surface area contributed by atoms with E-state index in [2.05, 4.69) is 0 Å². The van der Waals surface area contributed by atoms with E-state index in [9.17, 15) is 18.0 Å². The highest BCUT2D eigenvalue weighted by Crippen LogP contribution is 2.33. The summed E-state index contributed by atoms with van der Waals surface area (Å²) in [7, 11) is -3.80. The van der Waals surface area contributed by atoms with Gasteiger partial charge in [0, 0.05) is 18.2 Å². The minimum Gasteiger partial charge on any atom is -0.456 e. The average molecular weight is 409 g/mol. The third kappa shape index (κ3) is 4.55. The highest BCUT2D eigenvalue weighted by atomic mass is 32.2. The molecule has 144 valence electrons. The Morgan fingerprint density at radius 1 is 1.33 bits per heavy atom. The van der Waals surface area contributed by atoms with Gasteiger partial charge in [0.2, 0.25) is 10.0 Å². The molecule has 1 aliphatic heterocycles. The van der Waals surface area contributed by atoms with Crippen molar-refractivity contribution in [1.82, 2.24) is 0 Å². The Balaban J connectivity index is 1.61. The maximum Gasteiger partial charge on any atom is 0.306 e. The van der Waals surface area contributed by atoms with E-state index in [-0.39, 0.29) is 29.9 Å². The van der Waals surface area contributed by atoms with E-state index < -0.39 is 16.0 Å². The van der Waals surface area contributed by atoms with Crippen molar-refractivity contribution in [1.29, 1.82) is 0 Å². The molecule has 9 heteroatoms. The number of hydrogen-bond acceptors (Lipinski definition) is 6. The number of thiophene rings is 1. The quantitative estimate of drug-likeness (QED) is 0.734. The van der Waals surface area contributed by atoms with Gasteiger partial charge < -0.3 is 9.64 Å². The SMILES string of the molecule is CC1Cc2cc(S(N)(=O)=O)ccc2N1C(=O)COC(=O)CCc1ccsc1. The van der Waals surface area contributed by atoms with Crippen molar-refractivity contribution in [2.24, 2.45) is 5.14 Å². The number of amides is 1. The number of ether oxygens (including phenoxy) is 1. The number of fused-ring (bicyclic) bond motifs is 1. The van der Waals surface area contributed by atoms with Crippen molar-refractivity contribution in [2.75, 3.05) is 11.5 Å². The molecule has 1 amide bonds. The van der Waals surface area contributed by atoms with Crippen molar-refractivity contribution in [2.45, 2.75) is 37.1 Å². The molecule has 7 nitrogen and oxygen atoms in total. The van der Waals surface area contributed by atoms with Crippen LogP contribution < -0.4 is 10.0 Å². The molecule has 0 spiro atoms. The van der Waals surface area contributed by atoms with Gasteiger partial charge in [-0.25, -0.2) is 13.6 Å². The number of nitrogens with zero attached hydrogens (tertiary/aromatic N) is 1. The summed E-state index contributed by atoms with van der Waals surface area (Å²) in [5.74, 6) is -0.764. The van der Waals surface area contributed by atoms with Gasteiger partial charge in [-0.2, -0.15) is 11.3 Å². The molecule has 2 N–H and O–H groups in total. The second kappa shape index (κ2) is 7.79. The van der Waals surface area contributed by atoms with Crippen LogP contribution in [0.15, 0.2) is 39.9 Å². The van der Waals surface area contributed by atoms with Crippen molar-refractivity contribution < 1.29 is 22.7 Å². The molecular formula is C18H20N2O5S2. The molecule has 1 aromatic heterocycles. The van der Waals surface area contributed by atoms with Gasteiger partial charge in [0.25, 0.3) is 5.91 Å². The summed E-state index contributed by atoms with van der Waals surface area (Å²) in [4.78, 5) is 26.0. The number of carbonyl (C=O) groups is 2. The predicted molar refractivity (Wildman–Crippen MR) is 102 cm³/mol. The third-order valence-electron chi connectivity index (χ3n) is 4.42. The molecule has 0 fully saturated rings. The van der Waals surface area contributed by atoms with Crippen LogP contribution in [0.2, 0.25) is 0 Å². The summed E-state index contributed by atoms with van der Waals surface area (Å²) in [5, 5.41) is 9.07. The van der Waals surface area contributed by atoms with E-state index in [1.807, 2.05) is 23.8 Å². The molecule has 0 saturated carbocycles. The zero-order chi connectivity index (χ0) is 19.6. The van der Waals surface area contributed by atoms with Gasteiger partial charge in [-0.15, -0.1) is 0 Å². The zero-order valence-electron chi connectivity index (χ0n) is 14.8. The number of primary sulfonamides is 1. The Morgan fingerprint density at radius 2 is 2.11 bits per heavy atom. The molecule has 27 heavy (non-hydrogen) atoms. The van der Waals surface area contributed by atoms with Crippen LogP contribution >= 0.6 is 11.3 Å². The van der Waals surface area contributed by atoms with Crippen LogP contribution in [0.25, 0.3) is 0 Å². The Labute approximate surface area is 161 Å². The fourth-order valence-corrected chi connectivity index (χ4v) is 4.40. The van der Waals surface area contributed by atoms with Crippen LogP contribution in [-0.2, 0) is 37.2 Å². The molecule has 2 heterocycles. The number of aryl methyl sites for hydroxylation is 1. The average Bonchev–Trinajstić information content (AvgIpc) is 3.23. The smallest absolute Gasteiger partial charge is 0.306 e. The van der Waals surface area contributed by atoms with Crippen LogP contribution in [0.5, 0.6) is 0 Å². The summed E-state index contributed by atoms with van der Waals surface area (Å²) < 4.78 is 28.1. The summed E-state index contributed by atoms with van der Waals surface area (Å²) in [6.45, 7) is 1.51. The van der Waals surface area contributed by atoms with Gasteiger partial charge in [0.1, 0.15) is 0 Å². The lowest BCUT2D eigenvalue weighted by Gasteiger charge is -2.22. The van der Waals surface area contributed by atoms with Crippen molar-refractivity contribution in [3.05, 3.63) is 46.2 Å². The standard InChI is InChI=1S/C18H20N2O5S2/c1-12-8-14-9-15(27(19,23)24)3-4-16(14)20(12)17(21)10-25-18(22)5-2-13-6-7-26-11-13/h3-4,6-7,9,11-12H,2,5,8,10H2,1H3,(H2,19,23,24). The van der Waals surface area contributed by atoms with Crippen LogP contribution in [0.3, 0.4) is 0 Å². The minimum absolute atomic E-state index is 0.0163. The van der Waals surface area contributed by atoms with E-state index in [4.69, 9.17) is 9.88 Å². The van der Waals surface area contributed by atoms with Gasteiger partial charge >= 0.3 is 5.97 Å². The number of rotatable bonds is 6. The number of benzene rings is 1. The normalized spacial score (nSPS) is 16.2. The van der Waals surface area contributed by atoms with Gasteiger partial charge in [0.05, 0.1) is 4.90 Å². The fourth-order valence-electron chi connectivity index (χ4n) is 3.13. The molecule has 0 radical (unpaired) electrons.